The first-order valence-corrected chi connectivity index (χ1v) is 9.47. The number of hydrogen-bond donors (Lipinski definition) is 1. The third-order valence-corrected chi connectivity index (χ3v) is 4.33. The van der Waals surface area contributed by atoms with Gasteiger partial charge in [-0.2, -0.15) is 0 Å². The monoisotopic (exact) mass is 405 g/mol. The van der Waals surface area contributed by atoms with E-state index in [1.54, 1.807) is 36.4 Å². The van der Waals surface area contributed by atoms with Crippen LogP contribution in [0.3, 0.4) is 0 Å². The van der Waals surface area contributed by atoms with Crippen LogP contribution in [0.4, 0.5) is 4.39 Å². The summed E-state index contributed by atoms with van der Waals surface area (Å²) in [6.07, 6.45) is 0.587. The van der Waals surface area contributed by atoms with E-state index in [0.29, 0.717) is 35.4 Å². The quantitative estimate of drug-likeness (QED) is 0.264. The third-order valence-electron chi connectivity index (χ3n) is 4.33. The number of carbonyl (C=O) groups excluding carboxylic acids is 3. The Hall–Kier alpha value is -3.80. The standard InChI is InChI=1S/C24H20FNO4/c25-20-12-8-17(9-13-20)23(28)18-10-14-21(15-11-18)30-22(27)7-4-16-26-24(29)19-5-2-1-3-6-19/h1-3,5-6,8-15H,4,7,16H2,(H,26,29). The van der Waals surface area contributed by atoms with E-state index in [4.69, 9.17) is 4.74 Å². The largest absolute Gasteiger partial charge is 0.427 e. The first-order chi connectivity index (χ1) is 14.5. The summed E-state index contributed by atoms with van der Waals surface area (Å²) in [6, 6.07) is 20.3. The van der Waals surface area contributed by atoms with Gasteiger partial charge in [-0.05, 0) is 67.1 Å². The lowest BCUT2D eigenvalue weighted by Crippen LogP contribution is -2.25. The van der Waals surface area contributed by atoms with E-state index in [0.717, 1.165) is 0 Å². The van der Waals surface area contributed by atoms with Gasteiger partial charge >= 0.3 is 5.97 Å². The summed E-state index contributed by atoms with van der Waals surface area (Å²) in [4.78, 5) is 36.2. The highest BCUT2D eigenvalue weighted by Crippen LogP contribution is 2.16. The van der Waals surface area contributed by atoms with Crippen LogP contribution in [0.5, 0.6) is 5.75 Å². The summed E-state index contributed by atoms with van der Waals surface area (Å²) in [5, 5.41) is 2.75. The van der Waals surface area contributed by atoms with Crippen molar-refractivity contribution >= 4 is 17.7 Å². The SMILES string of the molecule is O=C(CCCNC(=O)c1ccccc1)Oc1ccc(C(=O)c2ccc(F)cc2)cc1. The van der Waals surface area contributed by atoms with Crippen molar-refractivity contribution in [1.29, 1.82) is 0 Å². The molecule has 3 aromatic carbocycles. The highest BCUT2D eigenvalue weighted by Gasteiger charge is 2.11. The lowest BCUT2D eigenvalue weighted by atomic mass is 10.0. The van der Waals surface area contributed by atoms with Gasteiger partial charge in [0, 0.05) is 29.7 Å². The maximum atomic E-state index is 13.0. The number of ether oxygens (including phenoxy) is 1. The van der Waals surface area contributed by atoms with Gasteiger partial charge in [-0.3, -0.25) is 14.4 Å². The average molecular weight is 405 g/mol. The zero-order valence-electron chi connectivity index (χ0n) is 16.1. The van der Waals surface area contributed by atoms with Gasteiger partial charge in [0.25, 0.3) is 5.91 Å². The molecule has 3 aromatic rings. The average Bonchev–Trinajstić information content (AvgIpc) is 2.78. The van der Waals surface area contributed by atoms with Gasteiger partial charge in [-0.25, -0.2) is 4.39 Å². The zero-order chi connectivity index (χ0) is 21.3. The fraction of sp³-hybridized carbons (Fsp3) is 0.125. The van der Waals surface area contributed by atoms with Crippen LogP contribution in [0.1, 0.15) is 39.1 Å². The molecule has 0 fully saturated rings. The highest BCUT2D eigenvalue weighted by molar-refractivity contribution is 6.09. The molecule has 0 atom stereocenters. The van der Waals surface area contributed by atoms with E-state index in [9.17, 15) is 18.8 Å². The molecule has 3 rings (SSSR count). The molecule has 0 heterocycles. The number of hydrogen-bond acceptors (Lipinski definition) is 4. The second-order valence-electron chi connectivity index (χ2n) is 6.56. The Balaban J connectivity index is 1.43. The summed E-state index contributed by atoms with van der Waals surface area (Å²) >= 11 is 0. The van der Waals surface area contributed by atoms with E-state index < -0.39 is 11.8 Å². The second kappa shape index (κ2) is 10.1. The summed E-state index contributed by atoms with van der Waals surface area (Å²) in [6.45, 7) is 0.355. The molecule has 152 valence electrons. The molecule has 0 aliphatic heterocycles. The van der Waals surface area contributed by atoms with Crippen LogP contribution in [0.2, 0.25) is 0 Å². The molecule has 0 unspecified atom stereocenters. The molecule has 0 radical (unpaired) electrons. The van der Waals surface area contributed by atoms with Crippen LogP contribution in [-0.2, 0) is 4.79 Å². The maximum Gasteiger partial charge on any atom is 0.311 e. The molecule has 0 bridgehead atoms. The van der Waals surface area contributed by atoms with Gasteiger partial charge in [0.1, 0.15) is 11.6 Å². The topological polar surface area (TPSA) is 72.5 Å². The number of rotatable bonds is 8. The summed E-state index contributed by atoms with van der Waals surface area (Å²) in [7, 11) is 0. The minimum Gasteiger partial charge on any atom is -0.427 e. The van der Waals surface area contributed by atoms with Crippen molar-refractivity contribution in [2.75, 3.05) is 6.54 Å². The van der Waals surface area contributed by atoms with E-state index in [1.165, 1.54) is 36.4 Å². The molecule has 30 heavy (non-hydrogen) atoms. The third kappa shape index (κ3) is 5.85. The molecular weight excluding hydrogens is 385 g/mol. The lowest BCUT2D eigenvalue weighted by Gasteiger charge is -2.07. The normalized spacial score (nSPS) is 10.3. The van der Waals surface area contributed by atoms with Gasteiger partial charge in [0.2, 0.25) is 0 Å². The molecule has 0 aromatic heterocycles. The van der Waals surface area contributed by atoms with Crippen molar-refractivity contribution in [3.63, 3.8) is 0 Å². The number of carbonyl (C=O) groups is 3. The van der Waals surface area contributed by atoms with Crippen molar-refractivity contribution in [2.45, 2.75) is 12.8 Å². The molecule has 1 amide bonds. The Morgan fingerprint density at radius 3 is 2.00 bits per heavy atom. The number of ketones is 1. The molecule has 0 spiro atoms. The molecule has 1 N–H and O–H groups in total. The van der Waals surface area contributed by atoms with Crippen LogP contribution in [0, 0.1) is 5.82 Å². The Bertz CT molecular complexity index is 1020. The second-order valence-corrected chi connectivity index (χ2v) is 6.56. The molecule has 0 aliphatic carbocycles. The predicted octanol–water partition coefficient (Wildman–Crippen LogP) is 4.17. The summed E-state index contributed by atoms with van der Waals surface area (Å²) in [5.74, 6) is -0.952. The number of nitrogens with one attached hydrogen (secondary N) is 1. The summed E-state index contributed by atoms with van der Waals surface area (Å²) < 4.78 is 18.2. The van der Waals surface area contributed by atoms with Crippen LogP contribution in [0.15, 0.2) is 78.9 Å². The maximum absolute atomic E-state index is 13.0. The van der Waals surface area contributed by atoms with Crippen molar-refractivity contribution < 1.29 is 23.5 Å². The van der Waals surface area contributed by atoms with Crippen LogP contribution in [-0.4, -0.2) is 24.2 Å². The van der Waals surface area contributed by atoms with Gasteiger partial charge in [-0.15, -0.1) is 0 Å². The predicted molar refractivity (Wildman–Crippen MR) is 110 cm³/mol. The van der Waals surface area contributed by atoms with Crippen LogP contribution >= 0.6 is 0 Å². The molecule has 5 nitrogen and oxygen atoms in total. The minimum atomic E-state index is -0.429. The number of amides is 1. The van der Waals surface area contributed by atoms with Crippen LogP contribution in [0.25, 0.3) is 0 Å². The molecule has 0 aliphatic rings. The lowest BCUT2D eigenvalue weighted by molar-refractivity contribution is -0.134. The minimum absolute atomic E-state index is 0.144. The van der Waals surface area contributed by atoms with E-state index in [2.05, 4.69) is 5.32 Å². The molecule has 0 saturated carbocycles. The highest BCUT2D eigenvalue weighted by atomic mass is 19.1. The molecule has 6 heteroatoms. The molecule has 0 saturated heterocycles. The fourth-order valence-corrected chi connectivity index (χ4v) is 2.75. The van der Waals surface area contributed by atoms with Crippen molar-refractivity contribution in [3.05, 3.63) is 101 Å². The first kappa shape index (κ1) is 20.9. The van der Waals surface area contributed by atoms with Crippen molar-refractivity contribution in [3.8, 4) is 5.75 Å². The van der Waals surface area contributed by atoms with E-state index in [-0.39, 0.29) is 18.1 Å². The van der Waals surface area contributed by atoms with Gasteiger partial charge < -0.3 is 10.1 Å². The fourth-order valence-electron chi connectivity index (χ4n) is 2.75. The Morgan fingerprint density at radius 1 is 0.767 bits per heavy atom. The summed E-state index contributed by atoms with van der Waals surface area (Å²) in [5.41, 5.74) is 1.35. The van der Waals surface area contributed by atoms with Gasteiger partial charge in [0.15, 0.2) is 5.78 Å². The zero-order valence-corrected chi connectivity index (χ0v) is 16.1. The van der Waals surface area contributed by atoms with Crippen LogP contribution < -0.4 is 10.1 Å². The van der Waals surface area contributed by atoms with E-state index >= 15 is 0 Å². The van der Waals surface area contributed by atoms with Gasteiger partial charge in [0.05, 0.1) is 0 Å². The number of benzene rings is 3. The number of halogens is 1. The van der Waals surface area contributed by atoms with Crippen molar-refractivity contribution in [1.82, 2.24) is 5.32 Å². The van der Waals surface area contributed by atoms with Gasteiger partial charge in [-0.1, -0.05) is 18.2 Å². The Kier molecular flexibility index (Phi) is 7.05. The van der Waals surface area contributed by atoms with E-state index in [1.807, 2.05) is 6.07 Å². The first-order valence-electron chi connectivity index (χ1n) is 9.47. The number of esters is 1. The molecular formula is C24H20FNO4. The smallest absolute Gasteiger partial charge is 0.311 e. The van der Waals surface area contributed by atoms with Crippen molar-refractivity contribution in [2.24, 2.45) is 0 Å². The Morgan fingerprint density at radius 2 is 1.37 bits per heavy atom. The Labute approximate surface area is 173 Å².